The van der Waals surface area contributed by atoms with Gasteiger partial charge in [-0.25, -0.2) is 0 Å². The molecule has 1 saturated carbocycles. The number of nitrogens with one attached hydrogen (secondary N) is 1. The molecule has 6 nitrogen and oxygen atoms in total. The average Bonchev–Trinajstić information content (AvgIpc) is 3.22. The SMILES string of the molecule is Cc1cc(C(=O)N2CCN([C@H]3CCC[C@H]3O)CC2)c2[nH]ncc2c1. The van der Waals surface area contributed by atoms with Gasteiger partial charge in [0.05, 0.1) is 23.4 Å². The lowest BCUT2D eigenvalue weighted by molar-refractivity contribution is 0.0316. The summed E-state index contributed by atoms with van der Waals surface area (Å²) in [6.07, 6.45) is 4.64. The second-order valence-electron chi connectivity index (χ2n) is 7.04. The molecular formula is C18H24N4O2. The van der Waals surface area contributed by atoms with Gasteiger partial charge in [-0.05, 0) is 43.9 Å². The zero-order chi connectivity index (χ0) is 16.7. The van der Waals surface area contributed by atoms with Gasteiger partial charge in [0.2, 0.25) is 0 Å². The fourth-order valence-electron chi connectivity index (χ4n) is 4.15. The van der Waals surface area contributed by atoms with E-state index in [0.29, 0.717) is 18.7 Å². The molecule has 2 heterocycles. The van der Waals surface area contributed by atoms with Crippen molar-refractivity contribution >= 4 is 16.8 Å². The first kappa shape index (κ1) is 15.6. The Morgan fingerprint density at radius 2 is 2.04 bits per heavy atom. The highest BCUT2D eigenvalue weighted by molar-refractivity contribution is 6.05. The van der Waals surface area contributed by atoms with E-state index >= 15 is 0 Å². The minimum absolute atomic E-state index is 0.0690. The first-order valence-corrected chi connectivity index (χ1v) is 8.78. The van der Waals surface area contributed by atoms with Gasteiger partial charge in [-0.3, -0.25) is 14.8 Å². The highest BCUT2D eigenvalue weighted by atomic mass is 16.3. The van der Waals surface area contributed by atoms with Gasteiger partial charge < -0.3 is 10.0 Å². The number of aryl methyl sites for hydroxylation is 1. The summed E-state index contributed by atoms with van der Waals surface area (Å²) in [6.45, 7) is 5.11. The van der Waals surface area contributed by atoms with Gasteiger partial charge in [0, 0.05) is 37.6 Å². The van der Waals surface area contributed by atoms with Crippen molar-refractivity contribution < 1.29 is 9.90 Å². The predicted octanol–water partition coefficient (Wildman–Crippen LogP) is 1.54. The molecule has 2 aliphatic rings. The summed E-state index contributed by atoms with van der Waals surface area (Å²) in [5.41, 5.74) is 2.59. The number of carbonyl (C=O) groups excluding carboxylic acids is 1. The fraction of sp³-hybridized carbons (Fsp3) is 0.556. The maximum absolute atomic E-state index is 13.0. The van der Waals surface area contributed by atoms with E-state index in [-0.39, 0.29) is 18.1 Å². The molecule has 6 heteroatoms. The second-order valence-corrected chi connectivity index (χ2v) is 7.04. The molecule has 0 bridgehead atoms. The lowest BCUT2D eigenvalue weighted by Gasteiger charge is -2.39. The van der Waals surface area contributed by atoms with E-state index in [0.717, 1.165) is 48.8 Å². The maximum atomic E-state index is 13.0. The molecule has 1 amide bonds. The number of aromatic nitrogens is 2. The molecule has 0 spiro atoms. The van der Waals surface area contributed by atoms with Crippen LogP contribution in [-0.2, 0) is 0 Å². The van der Waals surface area contributed by atoms with Crippen molar-refractivity contribution in [1.82, 2.24) is 20.0 Å². The lowest BCUT2D eigenvalue weighted by Crippen LogP contribution is -2.53. The van der Waals surface area contributed by atoms with E-state index in [4.69, 9.17) is 0 Å². The standard InChI is InChI=1S/C18H24N4O2/c1-12-9-13-11-19-20-17(13)14(10-12)18(24)22-7-5-21(6-8-22)15-3-2-4-16(15)23/h9-11,15-16,23H,2-8H2,1H3,(H,19,20)/t15-,16+/m0/s1. The Morgan fingerprint density at radius 3 is 2.75 bits per heavy atom. The van der Waals surface area contributed by atoms with E-state index in [2.05, 4.69) is 15.1 Å². The predicted molar refractivity (Wildman–Crippen MR) is 92.0 cm³/mol. The summed E-state index contributed by atoms with van der Waals surface area (Å²) < 4.78 is 0. The van der Waals surface area contributed by atoms with Crippen molar-refractivity contribution in [3.8, 4) is 0 Å². The van der Waals surface area contributed by atoms with Gasteiger partial charge in [0.1, 0.15) is 0 Å². The minimum Gasteiger partial charge on any atom is -0.391 e. The Kier molecular flexibility index (Phi) is 4.02. The normalized spacial score (nSPS) is 25.5. The van der Waals surface area contributed by atoms with E-state index < -0.39 is 0 Å². The quantitative estimate of drug-likeness (QED) is 0.877. The summed E-state index contributed by atoms with van der Waals surface area (Å²) >= 11 is 0. The molecule has 1 aromatic heterocycles. The van der Waals surface area contributed by atoms with Crippen LogP contribution in [0.4, 0.5) is 0 Å². The molecule has 4 rings (SSSR count). The molecule has 1 aliphatic heterocycles. The number of fused-ring (bicyclic) bond motifs is 1. The number of nitrogens with zero attached hydrogens (tertiary/aromatic N) is 3. The minimum atomic E-state index is -0.200. The maximum Gasteiger partial charge on any atom is 0.256 e. The van der Waals surface area contributed by atoms with Gasteiger partial charge >= 0.3 is 0 Å². The molecule has 0 radical (unpaired) electrons. The van der Waals surface area contributed by atoms with Gasteiger partial charge in [-0.2, -0.15) is 5.10 Å². The number of amides is 1. The Hall–Kier alpha value is -1.92. The number of H-pyrrole nitrogens is 1. The van der Waals surface area contributed by atoms with Crippen molar-refractivity contribution in [2.24, 2.45) is 0 Å². The van der Waals surface area contributed by atoms with Gasteiger partial charge in [-0.1, -0.05) is 0 Å². The number of carbonyl (C=O) groups is 1. The molecule has 0 unspecified atom stereocenters. The van der Waals surface area contributed by atoms with Crippen LogP contribution in [0.15, 0.2) is 18.3 Å². The van der Waals surface area contributed by atoms with Gasteiger partial charge in [0.15, 0.2) is 0 Å². The number of rotatable bonds is 2. The van der Waals surface area contributed by atoms with E-state index in [9.17, 15) is 9.90 Å². The largest absolute Gasteiger partial charge is 0.391 e. The molecule has 2 atom stereocenters. The van der Waals surface area contributed by atoms with Crippen LogP contribution in [0.5, 0.6) is 0 Å². The monoisotopic (exact) mass is 328 g/mol. The number of hydrogen-bond acceptors (Lipinski definition) is 4. The third kappa shape index (κ3) is 2.70. The highest BCUT2D eigenvalue weighted by Crippen LogP contribution is 2.26. The smallest absolute Gasteiger partial charge is 0.256 e. The molecule has 2 N–H and O–H groups in total. The zero-order valence-electron chi connectivity index (χ0n) is 14.0. The van der Waals surface area contributed by atoms with Crippen LogP contribution in [0.2, 0.25) is 0 Å². The number of aliphatic hydroxyl groups is 1. The van der Waals surface area contributed by atoms with Gasteiger partial charge in [-0.15, -0.1) is 0 Å². The molecule has 128 valence electrons. The van der Waals surface area contributed by atoms with E-state index in [1.165, 1.54) is 0 Å². The molecular weight excluding hydrogens is 304 g/mol. The third-order valence-electron chi connectivity index (χ3n) is 5.44. The van der Waals surface area contributed by atoms with Crippen LogP contribution in [0.25, 0.3) is 10.9 Å². The first-order chi connectivity index (χ1) is 11.6. The topological polar surface area (TPSA) is 72.5 Å². The van der Waals surface area contributed by atoms with E-state index in [1.54, 1.807) is 6.20 Å². The zero-order valence-corrected chi connectivity index (χ0v) is 14.0. The van der Waals surface area contributed by atoms with Crippen LogP contribution >= 0.6 is 0 Å². The Balaban J connectivity index is 1.49. The van der Waals surface area contributed by atoms with Crippen molar-refractivity contribution in [1.29, 1.82) is 0 Å². The number of hydrogen-bond donors (Lipinski definition) is 2. The van der Waals surface area contributed by atoms with Crippen molar-refractivity contribution in [3.05, 3.63) is 29.5 Å². The summed E-state index contributed by atoms with van der Waals surface area (Å²) in [7, 11) is 0. The molecule has 24 heavy (non-hydrogen) atoms. The molecule has 2 aromatic rings. The van der Waals surface area contributed by atoms with Crippen LogP contribution in [-0.4, -0.2) is 69.3 Å². The number of aliphatic hydroxyl groups excluding tert-OH is 1. The molecule has 1 saturated heterocycles. The Labute approximate surface area is 141 Å². The summed E-state index contributed by atoms with van der Waals surface area (Å²) in [5, 5.41) is 18.1. The first-order valence-electron chi connectivity index (χ1n) is 8.78. The number of benzene rings is 1. The highest BCUT2D eigenvalue weighted by Gasteiger charge is 2.33. The Bertz CT molecular complexity index is 749. The summed E-state index contributed by atoms with van der Waals surface area (Å²) in [6, 6.07) is 4.26. The third-order valence-corrected chi connectivity index (χ3v) is 5.44. The fourth-order valence-corrected chi connectivity index (χ4v) is 4.15. The van der Waals surface area contributed by atoms with Crippen LogP contribution < -0.4 is 0 Å². The molecule has 1 aliphatic carbocycles. The van der Waals surface area contributed by atoms with Crippen molar-refractivity contribution in [2.45, 2.75) is 38.3 Å². The molecule has 2 fully saturated rings. The average molecular weight is 328 g/mol. The lowest BCUT2D eigenvalue weighted by atomic mass is 10.1. The van der Waals surface area contributed by atoms with Crippen LogP contribution in [0, 0.1) is 6.92 Å². The van der Waals surface area contributed by atoms with Gasteiger partial charge in [0.25, 0.3) is 5.91 Å². The van der Waals surface area contributed by atoms with Crippen molar-refractivity contribution in [3.63, 3.8) is 0 Å². The van der Waals surface area contributed by atoms with E-state index in [1.807, 2.05) is 24.0 Å². The Morgan fingerprint density at radius 1 is 1.25 bits per heavy atom. The van der Waals surface area contributed by atoms with Crippen LogP contribution in [0.3, 0.4) is 0 Å². The molecule has 1 aromatic carbocycles. The summed E-state index contributed by atoms with van der Waals surface area (Å²) in [4.78, 5) is 17.2. The van der Waals surface area contributed by atoms with Crippen molar-refractivity contribution in [2.75, 3.05) is 26.2 Å². The second kappa shape index (κ2) is 6.18. The number of piperazine rings is 1. The number of aromatic amines is 1. The summed E-state index contributed by atoms with van der Waals surface area (Å²) in [5.74, 6) is 0.0690. The van der Waals surface area contributed by atoms with Crippen LogP contribution in [0.1, 0.15) is 35.2 Å².